The first-order valence-electron chi connectivity index (χ1n) is 5.08. The summed E-state index contributed by atoms with van der Waals surface area (Å²) in [5.74, 6) is -6.23. The lowest BCUT2D eigenvalue weighted by atomic mass is 10.0. The molecule has 0 aliphatic carbocycles. The molecule has 0 bridgehead atoms. The maximum Gasteiger partial charge on any atom is 0.335 e. The van der Waals surface area contributed by atoms with Crippen molar-refractivity contribution in [2.75, 3.05) is 0 Å². The first kappa shape index (κ1) is 13.1. The van der Waals surface area contributed by atoms with E-state index >= 15 is 0 Å². The zero-order chi connectivity index (χ0) is 14.2. The molecule has 0 saturated heterocycles. The van der Waals surface area contributed by atoms with Crippen LogP contribution in [0.2, 0.25) is 0 Å². The van der Waals surface area contributed by atoms with Crippen LogP contribution in [0, 0.1) is 23.3 Å². The Kier molecular flexibility index (Phi) is 3.25. The minimum absolute atomic E-state index is 0.301. The zero-order valence-electron chi connectivity index (χ0n) is 9.25. The van der Waals surface area contributed by atoms with Gasteiger partial charge in [0.1, 0.15) is 11.6 Å². The van der Waals surface area contributed by atoms with Crippen LogP contribution in [0.15, 0.2) is 30.3 Å². The molecule has 2 aromatic carbocycles. The van der Waals surface area contributed by atoms with Gasteiger partial charge in [0.25, 0.3) is 0 Å². The molecule has 0 saturated carbocycles. The third-order valence-electron chi connectivity index (χ3n) is 2.52. The summed E-state index contributed by atoms with van der Waals surface area (Å²) in [5.41, 5.74) is -1.15. The monoisotopic (exact) mass is 270 g/mol. The second-order valence-electron chi connectivity index (χ2n) is 3.75. The van der Waals surface area contributed by atoms with Crippen LogP contribution in [0.1, 0.15) is 10.4 Å². The Morgan fingerprint density at radius 1 is 0.789 bits per heavy atom. The van der Waals surface area contributed by atoms with Gasteiger partial charge in [-0.2, -0.15) is 0 Å². The highest BCUT2D eigenvalue weighted by Crippen LogP contribution is 2.28. The minimum atomic E-state index is -1.39. The molecule has 19 heavy (non-hydrogen) atoms. The lowest BCUT2D eigenvalue weighted by molar-refractivity contribution is 0.0696. The van der Waals surface area contributed by atoms with E-state index in [1.807, 2.05) is 0 Å². The molecular formula is C13H6F4O2. The summed E-state index contributed by atoms with van der Waals surface area (Å²) in [6.07, 6.45) is 0. The maximum atomic E-state index is 13.7. The fourth-order valence-corrected chi connectivity index (χ4v) is 1.60. The number of hydrogen-bond donors (Lipinski definition) is 1. The molecule has 2 aromatic rings. The largest absolute Gasteiger partial charge is 0.478 e. The van der Waals surface area contributed by atoms with Crippen molar-refractivity contribution in [1.29, 1.82) is 0 Å². The number of halogens is 4. The van der Waals surface area contributed by atoms with Crippen LogP contribution in [-0.2, 0) is 0 Å². The molecule has 2 rings (SSSR count). The van der Waals surface area contributed by atoms with E-state index in [2.05, 4.69) is 0 Å². The van der Waals surface area contributed by atoms with Gasteiger partial charge in [0.15, 0.2) is 11.6 Å². The van der Waals surface area contributed by atoms with Crippen LogP contribution in [0.4, 0.5) is 17.6 Å². The average molecular weight is 270 g/mol. The average Bonchev–Trinajstić information content (AvgIpc) is 2.34. The van der Waals surface area contributed by atoms with E-state index in [4.69, 9.17) is 5.11 Å². The molecular weight excluding hydrogens is 264 g/mol. The lowest BCUT2D eigenvalue weighted by Gasteiger charge is -2.06. The smallest absolute Gasteiger partial charge is 0.335 e. The normalized spacial score (nSPS) is 10.5. The summed E-state index contributed by atoms with van der Waals surface area (Å²) >= 11 is 0. The van der Waals surface area contributed by atoms with Gasteiger partial charge in [0.05, 0.1) is 5.56 Å². The number of carboxylic acids is 1. The molecule has 0 aliphatic heterocycles. The van der Waals surface area contributed by atoms with E-state index in [1.165, 1.54) is 0 Å². The van der Waals surface area contributed by atoms with Crippen LogP contribution in [0.5, 0.6) is 0 Å². The first-order valence-corrected chi connectivity index (χ1v) is 5.08. The molecule has 0 aromatic heterocycles. The lowest BCUT2D eigenvalue weighted by Crippen LogP contribution is -1.99. The van der Waals surface area contributed by atoms with Gasteiger partial charge in [-0.1, -0.05) is 6.07 Å². The fraction of sp³-hybridized carbons (Fsp3) is 0. The summed E-state index contributed by atoms with van der Waals surface area (Å²) in [6.45, 7) is 0. The predicted molar refractivity (Wildman–Crippen MR) is 58.7 cm³/mol. The second kappa shape index (κ2) is 4.72. The van der Waals surface area contributed by atoms with E-state index in [9.17, 15) is 22.4 Å². The summed E-state index contributed by atoms with van der Waals surface area (Å²) in [5, 5.41) is 8.66. The molecule has 0 radical (unpaired) electrons. The van der Waals surface area contributed by atoms with Crippen molar-refractivity contribution in [3.63, 3.8) is 0 Å². The van der Waals surface area contributed by atoms with Crippen molar-refractivity contribution < 1.29 is 27.5 Å². The Balaban J connectivity index is 2.59. The van der Waals surface area contributed by atoms with Crippen LogP contribution in [-0.4, -0.2) is 11.1 Å². The first-order chi connectivity index (χ1) is 8.90. The topological polar surface area (TPSA) is 37.3 Å². The molecule has 1 N–H and O–H groups in total. The Bertz CT molecular complexity index is 668. The second-order valence-corrected chi connectivity index (χ2v) is 3.75. The number of rotatable bonds is 2. The van der Waals surface area contributed by atoms with Gasteiger partial charge in [-0.15, -0.1) is 0 Å². The summed E-state index contributed by atoms with van der Waals surface area (Å²) in [7, 11) is 0. The van der Waals surface area contributed by atoms with Gasteiger partial charge < -0.3 is 5.11 Å². The summed E-state index contributed by atoms with van der Waals surface area (Å²) < 4.78 is 52.9. The summed E-state index contributed by atoms with van der Waals surface area (Å²) in [4.78, 5) is 10.6. The Labute approximate surface area is 104 Å². The van der Waals surface area contributed by atoms with E-state index in [-0.39, 0.29) is 11.1 Å². The molecule has 0 heterocycles. The van der Waals surface area contributed by atoms with Gasteiger partial charge in [-0.3, -0.25) is 0 Å². The van der Waals surface area contributed by atoms with Crippen molar-refractivity contribution >= 4 is 5.97 Å². The van der Waals surface area contributed by atoms with Crippen LogP contribution in [0.3, 0.4) is 0 Å². The molecule has 0 amide bonds. The molecule has 0 unspecified atom stereocenters. The van der Waals surface area contributed by atoms with Gasteiger partial charge in [0, 0.05) is 17.2 Å². The predicted octanol–water partition coefficient (Wildman–Crippen LogP) is 3.61. The molecule has 6 heteroatoms. The van der Waals surface area contributed by atoms with Gasteiger partial charge in [-0.05, 0) is 18.2 Å². The SMILES string of the molecule is O=C(O)c1ccc(-c2cc(F)c(F)cc2F)c(F)c1. The molecule has 0 aliphatic rings. The zero-order valence-corrected chi connectivity index (χ0v) is 9.25. The third-order valence-corrected chi connectivity index (χ3v) is 2.52. The Morgan fingerprint density at radius 2 is 1.37 bits per heavy atom. The number of carboxylic acid groups (broad SMARTS) is 1. The molecule has 0 atom stereocenters. The fourth-order valence-electron chi connectivity index (χ4n) is 1.60. The molecule has 2 nitrogen and oxygen atoms in total. The van der Waals surface area contributed by atoms with E-state index < -0.39 is 34.8 Å². The highest BCUT2D eigenvalue weighted by Gasteiger charge is 2.16. The molecule has 0 fully saturated rings. The maximum absolute atomic E-state index is 13.7. The van der Waals surface area contributed by atoms with Gasteiger partial charge >= 0.3 is 5.97 Å². The van der Waals surface area contributed by atoms with Crippen molar-refractivity contribution in [1.82, 2.24) is 0 Å². The Morgan fingerprint density at radius 3 is 1.95 bits per heavy atom. The highest BCUT2D eigenvalue weighted by molar-refractivity contribution is 5.88. The third kappa shape index (κ3) is 2.42. The van der Waals surface area contributed by atoms with Crippen molar-refractivity contribution in [3.05, 3.63) is 59.2 Å². The van der Waals surface area contributed by atoms with Gasteiger partial charge in [-0.25, -0.2) is 22.4 Å². The quantitative estimate of drug-likeness (QED) is 0.668. The molecule has 98 valence electrons. The number of carbonyl (C=O) groups is 1. The minimum Gasteiger partial charge on any atom is -0.478 e. The van der Waals surface area contributed by atoms with Crippen molar-refractivity contribution in [3.8, 4) is 11.1 Å². The highest BCUT2D eigenvalue weighted by atomic mass is 19.2. The number of hydrogen-bond acceptors (Lipinski definition) is 1. The van der Waals surface area contributed by atoms with E-state index in [0.29, 0.717) is 18.2 Å². The number of aromatic carboxylic acids is 1. The van der Waals surface area contributed by atoms with Crippen LogP contribution >= 0.6 is 0 Å². The van der Waals surface area contributed by atoms with Crippen molar-refractivity contribution in [2.45, 2.75) is 0 Å². The van der Waals surface area contributed by atoms with Crippen LogP contribution in [0.25, 0.3) is 11.1 Å². The van der Waals surface area contributed by atoms with Gasteiger partial charge in [0.2, 0.25) is 0 Å². The Hall–Kier alpha value is -2.37. The molecule has 0 spiro atoms. The van der Waals surface area contributed by atoms with E-state index in [0.717, 1.165) is 12.1 Å². The summed E-state index contributed by atoms with van der Waals surface area (Å²) in [6, 6.07) is 3.53. The van der Waals surface area contributed by atoms with Crippen molar-refractivity contribution in [2.24, 2.45) is 0 Å². The van der Waals surface area contributed by atoms with E-state index in [1.54, 1.807) is 0 Å². The van der Waals surface area contributed by atoms with Crippen LogP contribution < -0.4 is 0 Å². The standard InChI is InChI=1S/C13H6F4O2/c14-9-3-6(13(18)19)1-2-7(9)8-4-11(16)12(17)5-10(8)15/h1-5H,(H,18,19). The number of benzene rings is 2.